The molecule has 0 amide bonds. The van der Waals surface area contributed by atoms with Gasteiger partial charge in [-0.2, -0.15) is 0 Å². The van der Waals surface area contributed by atoms with E-state index in [4.69, 9.17) is 14.5 Å². The van der Waals surface area contributed by atoms with Crippen LogP contribution in [0.2, 0.25) is 0 Å². The minimum atomic E-state index is -0.302. The Morgan fingerprint density at radius 3 is 2.54 bits per heavy atom. The number of halogens is 2. The molecule has 28 heavy (non-hydrogen) atoms. The van der Waals surface area contributed by atoms with Gasteiger partial charge in [-0.05, 0) is 24.6 Å². The maximum Gasteiger partial charge on any atom is 0.194 e. The number of aliphatic imine (C=N–C) groups is 1. The standard InChI is InChI=1S/C20H31FN4O2.HI/c1-4-22-19(23-13-20(2)14-27-15-20)25-9-7-24(8-10-25)12-16-5-6-18(26-3)17(21)11-16;/h5-6,11H,4,7-10,12-15H2,1-3H3,(H,22,23);1H. The number of hydrogen-bond acceptors (Lipinski definition) is 4. The average molecular weight is 506 g/mol. The third-order valence-corrected chi connectivity index (χ3v) is 5.14. The number of rotatable bonds is 6. The Bertz CT molecular complexity index is 662. The molecule has 1 N–H and O–H groups in total. The Labute approximate surface area is 184 Å². The highest BCUT2D eigenvalue weighted by Gasteiger charge is 2.33. The predicted octanol–water partition coefficient (Wildman–Crippen LogP) is 2.57. The number of hydrogen-bond donors (Lipinski definition) is 1. The second-order valence-electron chi connectivity index (χ2n) is 7.71. The fourth-order valence-corrected chi connectivity index (χ4v) is 3.42. The van der Waals surface area contributed by atoms with Gasteiger partial charge in [-0.3, -0.25) is 9.89 Å². The maximum atomic E-state index is 13.9. The van der Waals surface area contributed by atoms with Crippen molar-refractivity contribution in [3.05, 3.63) is 29.6 Å². The first-order chi connectivity index (χ1) is 13.0. The Morgan fingerprint density at radius 2 is 2.00 bits per heavy atom. The van der Waals surface area contributed by atoms with Crippen LogP contribution in [0, 0.1) is 11.2 Å². The molecule has 0 aliphatic carbocycles. The van der Waals surface area contributed by atoms with Gasteiger partial charge in [-0.15, -0.1) is 24.0 Å². The van der Waals surface area contributed by atoms with E-state index in [2.05, 4.69) is 29.0 Å². The van der Waals surface area contributed by atoms with E-state index in [-0.39, 0.29) is 35.2 Å². The third kappa shape index (κ3) is 5.93. The van der Waals surface area contributed by atoms with Crippen molar-refractivity contribution in [1.29, 1.82) is 0 Å². The summed E-state index contributed by atoms with van der Waals surface area (Å²) in [6, 6.07) is 5.20. The summed E-state index contributed by atoms with van der Waals surface area (Å²) < 4.78 is 24.2. The van der Waals surface area contributed by atoms with Gasteiger partial charge in [0.1, 0.15) is 0 Å². The van der Waals surface area contributed by atoms with Crippen LogP contribution in [-0.2, 0) is 11.3 Å². The van der Waals surface area contributed by atoms with E-state index in [9.17, 15) is 4.39 Å². The zero-order valence-corrected chi connectivity index (χ0v) is 19.4. The van der Waals surface area contributed by atoms with Gasteiger partial charge in [-0.1, -0.05) is 13.0 Å². The molecule has 0 radical (unpaired) electrons. The van der Waals surface area contributed by atoms with Gasteiger partial charge in [0.05, 0.1) is 26.9 Å². The molecule has 6 nitrogen and oxygen atoms in total. The molecule has 1 aromatic rings. The van der Waals surface area contributed by atoms with Gasteiger partial charge >= 0.3 is 0 Å². The van der Waals surface area contributed by atoms with Crippen molar-refractivity contribution in [3.8, 4) is 5.75 Å². The molecule has 2 fully saturated rings. The molecule has 1 aromatic carbocycles. The lowest BCUT2D eigenvalue weighted by Gasteiger charge is -2.39. The van der Waals surface area contributed by atoms with Crippen LogP contribution in [0.25, 0.3) is 0 Å². The lowest BCUT2D eigenvalue weighted by atomic mass is 9.89. The molecule has 158 valence electrons. The second-order valence-corrected chi connectivity index (χ2v) is 7.71. The van der Waals surface area contributed by atoms with Crippen LogP contribution in [0.3, 0.4) is 0 Å². The van der Waals surface area contributed by atoms with Gasteiger partial charge in [0.15, 0.2) is 17.5 Å². The number of guanidine groups is 1. The highest BCUT2D eigenvalue weighted by molar-refractivity contribution is 14.0. The summed E-state index contributed by atoms with van der Waals surface area (Å²) in [6.07, 6.45) is 0. The molecule has 2 heterocycles. The van der Waals surface area contributed by atoms with E-state index < -0.39 is 0 Å². The van der Waals surface area contributed by atoms with Gasteiger partial charge < -0.3 is 19.7 Å². The van der Waals surface area contributed by atoms with Gasteiger partial charge in [0.25, 0.3) is 0 Å². The van der Waals surface area contributed by atoms with E-state index in [0.29, 0.717) is 5.75 Å². The first kappa shape index (κ1) is 23.2. The second kappa shape index (κ2) is 10.6. The fourth-order valence-electron chi connectivity index (χ4n) is 3.42. The molecule has 0 atom stereocenters. The number of nitrogens with one attached hydrogen (secondary N) is 1. The number of ether oxygens (including phenoxy) is 2. The molecule has 0 unspecified atom stereocenters. The molecule has 0 aromatic heterocycles. The Balaban J connectivity index is 0.00000280. The summed E-state index contributed by atoms with van der Waals surface area (Å²) in [5, 5.41) is 3.41. The number of nitrogens with zero attached hydrogens (tertiary/aromatic N) is 3. The largest absolute Gasteiger partial charge is 0.494 e. The molecular weight excluding hydrogens is 474 g/mol. The third-order valence-electron chi connectivity index (χ3n) is 5.14. The first-order valence-corrected chi connectivity index (χ1v) is 9.69. The summed E-state index contributed by atoms with van der Waals surface area (Å²) in [4.78, 5) is 9.51. The Kier molecular flexibility index (Phi) is 8.76. The number of methoxy groups -OCH3 is 1. The van der Waals surface area contributed by atoms with Crippen molar-refractivity contribution in [1.82, 2.24) is 15.1 Å². The summed E-state index contributed by atoms with van der Waals surface area (Å²) in [5.41, 5.74) is 1.15. The van der Waals surface area contributed by atoms with Crippen LogP contribution < -0.4 is 10.1 Å². The molecular formula is C20H32FIN4O2. The van der Waals surface area contributed by atoms with Crippen LogP contribution in [-0.4, -0.2) is 75.4 Å². The summed E-state index contributed by atoms with van der Waals surface area (Å²) in [6.45, 7) is 12.0. The highest BCUT2D eigenvalue weighted by Crippen LogP contribution is 2.26. The first-order valence-electron chi connectivity index (χ1n) is 9.69. The summed E-state index contributed by atoms with van der Waals surface area (Å²) in [5.74, 6) is 0.977. The summed E-state index contributed by atoms with van der Waals surface area (Å²) in [7, 11) is 1.49. The molecule has 8 heteroatoms. The molecule has 3 rings (SSSR count). The minimum Gasteiger partial charge on any atom is -0.494 e. The van der Waals surface area contributed by atoms with Gasteiger partial charge in [-0.25, -0.2) is 4.39 Å². The molecule has 0 saturated carbocycles. The maximum absolute atomic E-state index is 13.9. The van der Waals surface area contributed by atoms with Crippen molar-refractivity contribution >= 4 is 29.9 Å². The highest BCUT2D eigenvalue weighted by atomic mass is 127. The van der Waals surface area contributed by atoms with E-state index >= 15 is 0 Å². The quantitative estimate of drug-likeness (QED) is 0.365. The number of benzene rings is 1. The minimum absolute atomic E-state index is 0. The molecule has 0 spiro atoms. The zero-order chi connectivity index (χ0) is 19.3. The lowest BCUT2D eigenvalue weighted by Crippen LogP contribution is -2.52. The van der Waals surface area contributed by atoms with E-state index in [0.717, 1.165) is 70.6 Å². The van der Waals surface area contributed by atoms with E-state index in [1.807, 2.05) is 6.07 Å². The lowest BCUT2D eigenvalue weighted by molar-refractivity contribution is -0.0946. The van der Waals surface area contributed by atoms with Crippen molar-refractivity contribution in [2.45, 2.75) is 20.4 Å². The molecule has 0 bridgehead atoms. The van der Waals surface area contributed by atoms with Crippen LogP contribution in [0.15, 0.2) is 23.2 Å². The van der Waals surface area contributed by atoms with E-state index in [1.165, 1.54) is 7.11 Å². The Morgan fingerprint density at radius 1 is 1.29 bits per heavy atom. The van der Waals surface area contributed by atoms with Crippen LogP contribution in [0.4, 0.5) is 4.39 Å². The molecule has 2 aliphatic rings. The Hall–Kier alpha value is -1.13. The fraction of sp³-hybridized carbons (Fsp3) is 0.650. The van der Waals surface area contributed by atoms with Crippen LogP contribution >= 0.6 is 24.0 Å². The normalized spacial score (nSPS) is 19.6. The monoisotopic (exact) mass is 506 g/mol. The van der Waals surface area contributed by atoms with Crippen molar-refractivity contribution in [2.75, 3.05) is 59.6 Å². The molecule has 2 saturated heterocycles. The van der Waals surface area contributed by atoms with Crippen molar-refractivity contribution < 1.29 is 13.9 Å². The van der Waals surface area contributed by atoms with Crippen LogP contribution in [0.1, 0.15) is 19.4 Å². The topological polar surface area (TPSA) is 49.3 Å². The smallest absolute Gasteiger partial charge is 0.194 e. The number of piperazine rings is 1. The molecule has 2 aliphatic heterocycles. The summed E-state index contributed by atoms with van der Waals surface area (Å²) >= 11 is 0. The van der Waals surface area contributed by atoms with Crippen molar-refractivity contribution in [3.63, 3.8) is 0 Å². The van der Waals surface area contributed by atoms with Crippen molar-refractivity contribution in [2.24, 2.45) is 10.4 Å². The van der Waals surface area contributed by atoms with E-state index in [1.54, 1.807) is 12.1 Å². The zero-order valence-electron chi connectivity index (χ0n) is 17.0. The average Bonchev–Trinajstić information content (AvgIpc) is 2.64. The van der Waals surface area contributed by atoms with Crippen LogP contribution in [0.5, 0.6) is 5.75 Å². The predicted molar refractivity (Wildman–Crippen MR) is 120 cm³/mol. The van der Waals surface area contributed by atoms with Gasteiger partial charge in [0.2, 0.25) is 0 Å². The SMILES string of the molecule is CCNC(=NCC1(C)COC1)N1CCN(Cc2ccc(OC)c(F)c2)CC1.I. The van der Waals surface area contributed by atoms with Gasteiger partial charge in [0, 0.05) is 44.7 Å².